The van der Waals surface area contributed by atoms with Gasteiger partial charge in [0.15, 0.2) is 5.75 Å². The van der Waals surface area contributed by atoms with Gasteiger partial charge in [-0.15, -0.1) is 0 Å². The first-order valence-corrected chi connectivity index (χ1v) is 5.87. The maximum atomic E-state index is 11.0. The Labute approximate surface area is 113 Å². The average Bonchev–Trinajstić information content (AvgIpc) is 2.38. The standard InChI is InChI=1S/C11H11ClN4O3/c1-13-2-3-19-10-5-8-7(4-9(10)16(17)18)11(12)15-6-14-8/h4-6,13H,2-3H2,1H3. The second-order valence-corrected chi connectivity index (χ2v) is 4.07. The van der Waals surface area contributed by atoms with Crippen molar-refractivity contribution in [3.63, 3.8) is 0 Å². The van der Waals surface area contributed by atoms with Crippen LogP contribution in [0, 0.1) is 10.1 Å². The lowest BCUT2D eigenvalue weighted by Crippen LogP contribution is -2.16. The Balaban J connectivity index is 2.48. The molecule has 19 heavy (non-hydrogen) atoms. The van der Waals surface area contributed by atoms with Gasteiger partial charge in [0, 0.05) is 24.1 Å². The number of benzene rings is 1. The molecule has 0 aliphatic heterocycles. The van der Waals surface area contributed by atoms with Gasteiger partial charge in [0.05, 0.1) is 10.4 Å². The van der Waals surface area contributed by atoms with E-state index in [0.717, 1.165) is 0 Å². The molecule has 1 N–H and O–H groups in total. The van der Waals surface area contributed by atoms with Crippen LogP contribution in [0.3, 0.4) is 0 Å². The lowest BCUT2D eigenvalue weighted by atomic mass is 10.2. The lowest BCUT2D eigenvalue weighted by Gasteiger charge is -2.07. The molecule has 0 aliphatic rings. The van der Waals surface area contributed by atoms with Crippen LogP contribution in [0.2, 0.25) is 5.15 Å². The Bertz CT molecular complexity index is 620. The lowest BCUT2D eigenvalue weighted by molar-refractivity contribution is -0.385. The minimum absolute atomic E-state index is 0.152. The van der Waals surface area contributed by atoms with E-state index in [1.807, 2.05) is 0 Å². The Morgan fingerprint density at radius 1 is 1.47 bits per heavy atom. The van der Waals surface area contributed by atoms with Crippen LogP contribution in [0.4, 0.5) is 5.69 Å². The highest BCUT2D eigenvalue weighted by molar-refractivity contribution is 6.34. The van der Waals surface area contributed by atoms with Crippen molar-refractivity contribution in [2.75, 3.05) is 20.2 Å². The number of ether oxygens (including phenoxy) is 1. The highest BCUT2D eigenvalue weighted by Gasteiger charge is 2.18. The number of rotatable bonds is 5. The molecule has 1 aromatic carbocycles. The summed E-state index contributed by atoms with van der Waals surface area (Å²) in [5.74, 6) is 0.169. The Morgan fingerprint density at radius 2 is 2.26 bits per heavy atom. The van der Waals surface area contributed by atoms with E-state index in [-0.39, 0.29) is 16.6 Å². The molecule has 0 bridgehead atoms. The maximum Gasteiger partial charge on any atom is 0.311 e. The van der Waals surface area contributed by atoms with E-state index in [1.54, 1.807) is 7.05 Å². The number of halogens is 1. The molecule has 0 aliphatic carbocycles. The molecule has 7 nitrogen and oxygen atoms in total. The zero-order valence-electron chi connectivity index (χ0n) is 10.1. The van der Waals surface area contributed by atoms with Crippen LogP contribution in [-0.4, -0.2) is 35.1 Å². The van der Waals surface area contributed by atoms with Crippen LogP contribution in [0.1, 0.15) is 0 Å². The third-order valence-corrected chi connectivity index (χ3v) is 2.77. The molecular weight excluding hydrogens is 272 g/mol. The summed E-state index contributed by atoms with van der Waals surface area (Å²) in [6.45, 7) is 0.904. The van der Waals surface area contributed by atoms with Crippen LogP contribution in [0.25, 0.3) is 10.9 Å². The number of hydrogen-bond acceptors (Lipinski definition) is 6. The molecule has 0 unspecified atom stereocenters. The molecule has 2 aromatic rings. The average molecular weight is 283 g/mol. The number of nitrogens with zero attached hydrogens (tertiary/aromatic N) is 3. The van der Waals surface area contributed by atoms with Crippen molar-refractivity contribution >= 4 is 28.2 Å². The van der Waals surface area contributed by atoms with Gasteiger partial charge in [0.25, 0.3) is 0 Å². The van der Waals surface area contributed by atoms with E-state index in [9.17, 15) is 10.1 Å². The fourth-order valence-corrected chi connectivity index (χ4v) is 1.76. The minimum Gasteiger partial charge on any atom is -0.485 e. The number of nitrogens with one attached hydrogen (secondary N) is 1. The second-order valence-electron chi connectivity index (χ2n) is 3.71. The molecule has 0 atom stereocenters. The number of likely N-dealkylation sites (N-methyl/N-ethyl adjacent to an activating group) is 1. The van der Waals surface area contributed by atoms with Gasteiger partial charge in [-0.05, 0) is 7.05 Å². The van der Waals surface area contributed by atoms with Crippen molar-refractivity contribution in [1.29, 1.82) is 0 Å². The van der Waals surface area contributed by atoms with Crippen molar-refractivity contribution in [1.82, 2.24) is 15.3 Å². The molecule has 1 aromatic heterocycles. The van der Waals surface area contributed by atoms with E-state index in [2.05, 4.69) is 15.3 Å². The third-order valence-electron chi connectivity index (χ3n) is 2.47. The SMILES string of the molecule is CNCCOc1cc2ncnc(Cl)c2cc1[N+](=O)[O-]. The van der Waals surface area contributed by atoms with Gasteiger partial charge in [0.1, 0.15) is 18.1 Å². The van der Waals surface area contributed by atoms with Crippen molar-refractivity contribution in [2.45, 2.75) is 0 Å². The topological polar surface area (TPSA) is 90.2 Å². The molecule has 8 heteroatoms. The molecule has 0 amide bonds. The third kappa shape index (κ3) is 2.88. The Morgan fingerprint density at radius 3 is 2.95 bits per heavy atom. The van der Waals surface area contributed by atoms with E-state index in [4.69, 9.17) is 16.3 Å². The Kier molecular flexibility index (Phi) is 4.08. The van der Waals surface area contributed by atoms with Gasteiger partial charge in [-0.1, -0.05) is 11.6 Å². The maximum absolute atomic E-state index is 11.0. The van der Waals surface area contributed by atoms with Gasteiger partial charge in [-0.25, -0.2) is 9.97 Å². The van der Waals surface area contributed by atoms with Crippen LogP contribution >= 0.6 is 11.6 Å². The van der Waals surface area contributed by atoms with Gasteiger partial charge >= 0.3 is 5.69 Å². The van der Waals surface area contributed by atoms with Crippen LogP contribution in [-0.2, 0) is 0 Å². The zero-order valence-corrected chi connectivity index (χ0v) is 10.8. The summed E-state index contributed by atoms with van der Waals surface area (Å²) in [7, 11) is 1.77. The van der Waals surface area contributed by atoms with Crippen molar-refractivity contribution in [3.05, 3.63) is 33.7 Å². The second kappa shape index (κ2) is 5.77. The normalized spacial score (nSPS) is 10.6. The predicted octanol–water partition coefficient (Wildman–Crippen LogP) is 1.79. The highest BCUT2D eigenvalue weighted by atomic mass is 35.5. The molecule has 2 rings (SSSR count). The summed E-state index contributed by atoms with van der Waals surface area (Å²) in [6, 6.07) is 2.82. The number of fused-ring (bicyclic) bond motifs is 1. The van der Waals surface area contributed by atoms with Crippen molar-refractivity contribution in [3.8, 4) is 5.75 Å². The summed E-state index contributed by atoms with van der Waals surface area (Å²) in [5, 5.41) is 14.5. The molecule has 0 saturated carbocycles. The molecule has 100 valence electrons. The fourth-order valence-electron chi connectivity index (χ4n) is 1.56. The van der Waals surface area contributed by atoms with Gasteiger partial charge in [-0.2, -0.15) is 0 Å². The molecule has 0 spiro atoms. The largest absolute Gasteiger partial charge is 0.485 e. The summed E-state index contributed by atoms with van der Waals surface area (Å²) in [5.41, 5.74) is 0.352. The highest BCUT2D eigenvalue weighted by Crippen LogP contribution is 2.33. The zero-order chi connectivity index (χ0) is 13.8. The number of aromatic nitrogens is 2. The molecule has 0 fully saturated rings. The van der Waals surface area contributed by atoms with E-state index < -0.39 is 4.92 Å². The smallest absolute Gasteiger partial charge is 0.311 e. The number of nitro groups is 1. The van der Waals surface area contributed by atoms with E-state index in [1.165, 1.54) is 18.5 Å². The fraction of sp³-hybridized carbons (Fsp3) is 0.273. The van der Waals surface area contributed by atoms with Gasteiger partial charge in [0.2, 0.25) is 0 Å². The van der Waals surface area contributed by atoms with E-state index in [0.29, 0.717) is 24.1 Å². The first-order valence-electron chi connectivity index (χ1n) is 5.49. The molecule has 0 saturated heterocycles. The van der Waals surface area contributed by atoms with Crippen LogP contribution in [0.15, 0.2) is 18.5 Å². The number of hydrogen-bond donors (Lipinski definition) is 1. The molecule has 0 radical (unpaired) electrons. The minimum atomic E-state index is -0.516. The monoisotopic (exact) mass is 282 g/mol. The quantitative estimate of drug-likeness (QED) is 0.389. The van der Waals surface area contributed by atoms with Crippen molar-refractivity contribution < 1.29 is 9.66 Å². The van der Waals surface area contributed by atoms with Crippen LogP contribution < -0.4 is 10.1 Å². The molecule has 1 heterocycles. The molecular formula is C11H11ClN4O3. The van der Waals surface area contributed by atoms with Gasteiger partial charge < -0.3 is 10.1 Å². The number of nitro benzene ring substituents is 1. The summed E-state index contributed by atoms with van der Waals surface area (Å²) in [4.78, 5) is 18.3. The summed E-state index contributed by atoms with van der Waals surface area (Å²) < 4.78 is 5.38. The van der Waals surface area contributed by atoms with E-state index >= 15 is 0 Å². The van der Waals surface area contributed by atoms with Crippen LogP contribution in [0.5, 0.6) is 5.75 Å². The van der Waals surface area contributed by atoms with Crippen molar-refractivity contribution in [2.24, 2.45) is 0 Å². The van der Waals surface area contributed by atoms with Gasteiger partial charge in [-0.3, -0.25) is 10.1 Å². The summed E-state index contributed by atoms with van der Waals surface area (Å²) in [6.07, 6.45) is 1.30. The first-order chi connectivity index (χ1) is 9.13. The first kappa shape index (κ1) is 13.4. The summed E-state index contributed by atoms with van der Waals surface area (Å²) >= 11 is 5.89. The predicted molar refractivity (Wildman–Crippen MR) is 70.6 cm³/mol. The Hall–Kier alpha value is -1.99.